The molecule has 0 radical (unpaired) electrons. The lowest BCUT2D eigenvalue weighted by atomic mass is 10.2. The molecule has 0 bridgehead atoms. The first-order valence-corrected chi connectivity index (χ1v) is 5.12. The van der Waals surface area contributed by atoms with E-state index in [0.717, 1.165) is 11.4 Å². The summed E-state index contributed by atoms with van der Waals surface area (Å²) >= 11 is 0. The largest absolute Gasteiger partial charge is 0.394 e. The van der Waals surface area contributed by atoms with Gasteiger partial charge in [-0.2, -0.15) is 5.10 Å². The number of aryl methyl sites for hydroxylation is 2. The predicted molar refractivity (Wildman–Crippen MR) is 64.7 cm³/mol. The van der Waals surface area contributed by atoms with Crippen LogP contribution in [-0.2, 0) is 0 Å². The number of nitrogens with zero attached hydrogens (tertiary/aromatic N) is 2. The van der Waals surface area contributed by atoms with Crippen LogP contribution in [0.25, 0.3) is 0 Å². The molecule has 0 aliphatic heterocycles. The van der Waals surface area contributed by atoms with Gasteiger partial charge in [-0.3, -0.25) is 14.9 Å². The van der Waals surface area contributed by atoms with Crippen LogP contribution >= 0.6 is 0 Å². The molecule has 0 atom stereocenters. The summed E-state index contributed by atoms with van der Waals surface area (Å²) in [4.78, 5) is 15.9. The Balaban J connectivity index is 2.17. The zero-order valence-corrected chi connectivity index (χ0v) is 9.61. The highest BCUT2D eigenvalue weighted by atomic mass is 16.1. The molecule has 0 aliphatic rings. The molecular formula is C11H13N5O. The highest BCUT2D eigenvalue weighted by Crippen LogP contribution is 2.18. The molecule has 6 heteroatoms. The topological polar surface area (TPSA) is 96.7 Å². The third-order valence-electron chi connectivity index (χ3n) is 2.40. The second kappa shape index (κ2) is 4.25. The zero-order chi connectivity index (χ0) is 12.4. The van der Waals surface area contributed by atoms with Crippen molar-refractivity contribution in [2.45, 2.75) is 13.8 Å². The molecule has 2 rings (SSSR count). The molecule has 0 spiro atoms. The fourth-order valence-corrected chi connectivity index (χ4v) is 1.31. The van der Waals surface area contributed by atoms with Gasteiger partial charge in [0.1, 0.15) is 0 Å². The summed E-state index contributed by atoms with van der Waals surface area (Å²) in [6, 6.07) is 3.47. The van der Waals surface area contributed by atoms with Gasteiger partial charge in [0.15, 0.2) is 5.82 Å². The summed E-state index contributed by atoms with van der Waals surface area (Å²) in [5.74, 6) is 0.0591. The normalized spacial score (nSPS) is 10.2. The molecule has 17 heavy (non-hydrogen) atoms. The summed E-state index contributed by atoms with van der Waals surface area (Å²) in [6.45, 7) is 3.64. The van der Waals surface area contributed by atoms with Gasteiger partial charge in [-0.15, -0.1) is 0 Å². The van der Waals surface area contributed by atoms with Crippen molar-refractivity contribution < 1.29 is 4.79 Å². The van der Waals surface area contributed by atoms with Crippen LogP contribution in [0.4, 0.5) is 11.5 Å². The van der Waals surface area contributed by atoms with E-state index in [4.69, 9.17) is 5.73 Å². The van der Waals surface area contributed by atoms with E-state index in [1.54, 1.807) is 19.1 Å². The van der Waals surface area contributed by atoms with E-state index in [-0.39, 0.29) is 5.91 Å². The lowest BCUT2D eigenvalue weighted by molar-refractivity contribution is 0.102. The van der Waals surface area contributed by atoms with E-state index in [0.29, 0.717) is 17.1 Å². The quantitative estimate of drug-likeness (QED) is 0.724. The van der Waals surface area contributed by atoms with Crippen molar-refractivity contribution in [1.29, 1.82) is 0 Å². The summed E-state index contributed by atoms with van der Waals surface area (Å²) in [7, 11) is 0. The molecule has 0 saturated carbocycles. The number of nitrogens with two attached hydrogens (primary N) is 1. The molecular weight excluding hydrogens is 218 g/mol. The van der Waals surface area contributed by atoms with E-state index < -0.39 is 0 Å². The first kappa shape index (κ1) is 11.1. The highest BCUT2D eigenvalue weighted by Gasteiger charge is 2.11. The highest BCUT2D eigenvalue weighted by molar-refractivity contribution is 6.04. The molecule has 0 aromatic carbocycles. The van der Waals surface area contributed by atoms with E-state index in [2.05, 4.69) is 20.5 Å². The molecule has 0 saturated heterocycles. The van der Waals surface area contributed by atoms with Crippen LogP contribution in [0.2, 0.25) is 0 Å². The van der Waals surface area contributed by atoms with Crippen molar-refractivity contribution >= 4 is 17.4 Å². The first-order valence-electron chi connectivity index (χ1n) is 5.12. The second-order valence-corrected chi connectivity index (χ2v) is 3.75. The molecule has 4 N–H and O–H groups in total. The zero-order valence-electron chi connectivity index (χ0n) is 9.61. The van der Waals surface area contributed by atoms with Crippen LogP contribution in [0, 0.1) is 13.8 Å². The Morgan fingerprint density at radius 3 is 2.71 bits per heavy atom. The first-order chi connectivity index (χ1) is 8.08. The number of carbonyl (C=O) groups excluding carboxylic acids is 1. The van der Waals surface area contributed by atoms with Crippen LogP contribution < -0.4 is 11.1 Å². The van der Waals surface area contributed by atoms with E-state index in [1.807, 2.05) is 6.92 Å². The smallest absolute Gasteiger partial charge is 0.258 e. The van der Waals surface area contributed by atoms with Crippen LogP contribution in [0.15, 0.2) is 18.3 Å². The Hall–Kier alpha value is -2.37. The third-order valence-corrected chi connectivity index (χ3v) is 2.40. The SMILES string of the molecule is Cc1ccc(C(=O)Nc2n[nH]c(C)c2N)cn1. The molecule has 0 unspecified atom stereocenters. The van der Waals surface area contributed by atoms with Crippen molar-refractivity contribution in [2.24, 2.45) is 0 Å². The lowest BCUT2D eigenvalue weighted by Crippen LogP contribution is -2.13. The standard InChI is InChI=1S/C11H13N5O/c1-6-3-4-8(5-13-6)11(17)14-10-9(12)7(2)15-16-10/h3-5H,12H2,1-2H3,(H2,14,15,16,17). The monoisotopic (exact) mass is 231 g/mol. The minimum atomic E-state index is -0.282. The van der Waals surface area contributed by atoms with Gasteiger partial charge in [0.05, 0.1) is 16.9 Å². The number of carbonyl (C=O) groups is 1. The molecule has 2 aromatic heterocycles. The second-order valence-electron chi connectivity index (χ2n) is 3.75. The Morgan fingerprint density at radius 2 is 2.18 bits per heavy atom. The average molecular weight is 231 g/mol. The van der Waals surface area contributed by atoms with Gasteiger partial charge < -0.3 is 11.1 Å². The van der Waals surface area contributed by atoms with Crippen LogP contribution in [0.5, 0.6) is 0 Å². The Kier molecular flexibility index (Phi) is 2.78. The van der Waals surface area contributed by atoms with Gasteiger partial charge in [-0.05, 0) is 26.0 Å². The fourth-order valence-electron chi connectivity index (χ4n) is 1.31. The number of aromatic amines is 1. The molecule has 88 valence electrons. The minimum Gasteiger partial charge on any atom is -0.394 e. The van der Waals surface area contributed by atoms with Gasteiger partial charge in [0.25, 0.3) is 5.91 Å². The molecule has 2 aromatic rings. The maximum atomic E-state index is 11.8. The van der Waals surface area contributed by atoms with Crippen molar-refractivity contribution in [3.63, 3.8) is 0 Å². The molecule has 1 amide bonds. The van der Waals surface area contributed by atoms with Gasteiger partial charge >= 0.3 is 0 Å². The van der Waals surface area contributed by atoms with Crippen LogP contribution in [0.3, 0.4) is 0 Å². The fraction of sp³-hybridized carbons (Fsp3) is 0.182. The number of anilines is 2. The molecule has 2 heterocycles. The Labute approximate surface area is 98.3 Å². The average Bonchev–Trinajstić information content (AvgIpc) is 2.62. The summed E-state index contributed by atoms with van der Waals surface area (Å²) in [5.41, 5.74) is 8.22. The van der Waals surface area contributed by atoms with Crippen molar-refractivity contribution in [1.82, 2.24) is 15.2 Å². The Bertz CT molecular complexity index is 543. The number of pyridine rings is 1. The summed E-state index contributed by atoms with van der Waals surface area (Å²) < 4.78 is 0. The van der Waals surface area contributed by atoms with Gasteiger partial charge in [0, 0.05) is 11.9 Å². The van der Waals surface area contributed by atoms with E-state index >= 15 is 0 Å². The summed E-state index contributed by atoms with van der Waals surface area (Å²) in [5, 5.41) is 9.21. The maximum Gasteiger partial charge on any atom is 0.258 e. The van der Waals surface area contributed by atoms with E-state index in [9.17, 15) is 4.79 Å². The molecule has 6 nitrogen and oxygen atoms in total. The predicted octanol–water partition coefficient (Wildman–Crippen LogP) is 1.26. The number of amides is 1. The molecule has 0 fully saturated rings. The van der Waals surface area contributed by atoms with Crippen molar-refractivity contribution in [3.05, 3.63) is 35.3 Å². The van der Waals surface area contributed by atoms with Crippen LogP contribution in [-0.4, -0.2) is 21.1 Å². The number of H-pyrrole nitrogens is 1. The third kappa shape index (κ3) is 2.25. The number of nitrogens with one attached hydrogen (secondary N) is 2. The van der Waals surface area contributed by atoms with Gasteiger partial charge in [-0.25, -0.2) is 0 Å². The Morgan fingerprint density at radius 1 is 1.41 bits per heavy atom. The summed E-state index contributed by atoms with van der Waals surface area (Å²) in [6.07, 6.45) is 1.51. The number of aromatic nitrogens is 3. The molecule has 0 aliphatic carbocycles. The maximum absolute atomic E-state index is 11.8. The number of nitrogen functional groups attached to an aromatic ring is 1. The van der Waals surface area contributed by atoms with Gasteiger partial charge in [-0.1, -0.05) is 0 Å². The van der Waals surface area contributed by atoms with Gasteiger partial charge in [0.2, 0.25) is 0 Å². The van der Waals surface area contributed by atoms with Crippen molar-refractivity contribution in [3.8, 4) is 0 Å². The van der Waals surface area contributed by atoms with E-state index in [1.165, 1.54) is 6.20 Å². The van der Waals surface area contributed by atoms with Crippen molar-refractivity contribution in [2.75, 3.05) is 11.1 Å². The van der Waals surface area contributed by atoms with Crippen LogP contribution in [0.1, 0.15) is 21.7 Å². The number of hydrogen-bond acceptors (Lipinski definition) is 4. The minimum absolute atomic E-state index is 0.282. The lowest BCUT2D eigenvalue weighted by Gasteiger charge is -2.02. The number of rotatable bonds is 2. The number of hydrogen-bond donors (Lipinski definition) is 3.